The summed E-state index contributed by atoms with van der Waals surface area (Å²) in [5.41, 5.74) is 1.30. The van der Waals surface area contributed by atoms with E-state index in [1.54, 1.807) is 11.8 Å². The van der Waals surface area contributed by atoms with Crippen LogP contribution in [0.15, 0.2) is 55.4 Å². The number of benzene rings is 1. The van der Waals surface area contributed by atoms with Crippen molar-refractivity contribution in [2.75, 3.05) is 6.54 Å². The van der Waals surface area contributed by atoms with Gasteiger partial charge in [-0.15, -0.1) is 0 Å². The number of aromatic nitrogens is 1. The van der Waals surface area contributed by atoms with Gasteiger partial charge in [-0.3, -0.25) is 0 Å². The number of pyridine rings is 1. The fourth-order valence-electron chi connectivity index (χ4n) is 1.98. The van der Waals surface area contributed by atoms with Gasteiger partial charge in [0.2, 0.25) is 0 Å². The van der Waals surface area contributed by atoms with Gasteiger partial charge in [-0.1, -0.05) is 40.7 Å². The van der Waals surface area contributed by atoms with Crippen LogP contribution in [0, 0.1) is 0 Å². The fraction of sp³-hybridized carbons (Fsp3) is 0.312. The molecule has 1 unspecified atom stereocenters. The SMILES string of the molecule is CCCNC(C)c1ccc(Br)cc1Sc1ncccc1Br. The molecule has 1 atom stereocenters. The van der Waals surface area contributed by atoms with Crippen molar-refractivity contribution < 1.29 is 0 Å². The molecule has 0 spiro atoms. The van der Waals surface area contributed by atoms with Crippen LogP contribution >= 0.6 is 43.6 Å². The predicted molar refractivity (Wildman–Crippen MR) is 96.9 cm³/mol. The van der Waals surface area contributed by atoms with Crippen molar-refractivity contribution in [3.8, 4) is 0 Å². The molecule has 2 rings (SSSR count). The van der Waals surface area contributed by atoms with Crippen LogP contribution in [0.4, 0.5) is 0 Å². The van der Waals surface area contributed by atoms with Crippen LogP contribution in [0.2, 0.25) is 0 Å². The zero-order valence-electron chi connectivity index (χ0n) is 12.1. The highest BCUT2D eigenvalue weighted by molar-refractivity contribution is 9.10. The van der Waals surface area contributed by atoms with Crippen molar-refractivity contribution >= 4 is 43.6 Å². The van der Waals surface area contributed by atoms with Gasteiger partial charge in [0.25, 0.3) is 0 Å². The second kappa shape index (κ2) is 8.32. The standard InChI is InChI=1S/C16H18Br2N2S/c1-3-8-19-11(2)13-7-6-12(17)10-15(13)21-16-14(18)5-4-9-20-16/h4-7,9-11,19H,3,8H2,1-2H3. The molecule has 0 saturated carbocycles. The first kappa shape index (κ1) is 17.0. The maximum atomic E-state index is 4.45. The summed E-state index contributed by atoms with van der Waals surface area (Å²) in [5.74, 6) is 0. The van der Waals surface area contributed by atoms with E-state index in [0.717, 1.165) is 26.9 Å². The maximum Gasteiger partial charge on any atom is 0.115 e. The van der Waals surface area contributed by atoms with E-state index in [2.05, 4.69) is 74.2 Å². The molecule has 0 bridgehead atoms. The summed E-state index contributed by atoms with van der Waals surface area (Å²) in [6, 6.07) is 10.7. The first-order chi connectivity index (χ1) is 10.1. The number of nitrogens with one attached hydrogen (secondary N) is 1. The first-order valence-corrected chi connectivity index (χ1v) is 9.33. The van der Waals surface area contributed by atoms with Gasteiger partial charge in [0.1, 0.15) is 5.03 Å². The number of hydrogen-bond acceptors (Lipinski definition) is 3. The summed E-state index contributed by atoms with van der Waals surface area (Å²) >= 11 is 8.82. The summed E-state index contributed by atoms with van der Waals surface area (Å²) in [6.07, 6.45) is 2.96. The Morgan fingerprint density at radius 3 is 2.81 bits per heavy atom. The molecule has 0 aliphatic rings. The van der Waals surface area contributed by atoms with Crippen LogP contribution in [0.3, 0.4) is 0 Å². The Morgan fingerprint density at radius 1 is 1.29 bits per heavy atom. The smallest absolute Gasteiger partial charge is 0.115 e. The topological polar surface area (TPSA) is 24.9 Å². The molecule has 1 aromatic heterocycles. The van der Waals surface area contributed by atoms with Crippen molar-refractivity contribution in [2.24, 2.45) is 0 Å². The van der Waals surface area contributed by atoms with Gasteiger partial charge in [0.05, 0.1) is 4.47 Å². The average molecular weight is 430 g/mol. The minimum Gasteiger partial charge on any atom is -0.310 e. The van der Waals surface area contributed by atoms with Crippen LogP contribution < -0.4 is 5.32 Å². The zero-order chi connectivity index (χ0) is 15.2. The lowest BCUT2D eigenvalue weighted by molar-refractivity contribution is 0.563. The van der Waals surface area contributed by atoms with Crippen LogP contribution in [-0.4, -0.2) is 11.5 Å². The highest BCUT2D eigenvalue weighted by atomic mass is 79.9. The van der Waals surface area contributed by atoms with E-state index in [9.17, 15) is 0 Å². The van der Waals surface area contributed by atoms with E-state index in [1.165, 1.54) is 10.5 Å². The molecule has 1 N–H and O–H groups in total. The van der Waals surface area contributed by atoms with Gasteiger partial charge in [-0.2, -0.15) is 0 Å². The van der Waals surface area contributed by atoms with Gasteiger partial charge in [-0.05, 0) is 65.6 Å². The monoisotopic (exact) mass is 428 g/mol. The molecule has 2 nitrogen and oxygen atoms in total. The quantitative estimate of drug-likeness (QED) is 0.626. The molecule has 1 heterocycles. The van der Waals surface area contributed by atoms with Crippen molar-refractivity contribution in [2.45, 2.75) is 36.2 Å². The molecule has 0 amide bonds. The lowest BCUT2D eigenvalue weighted by atomic mass is 10.1. The molecule has 21 heavy (non-hydrogen) atoms. The van der Waals surface area contributed by atoms with Crippen molar-refractivity contribution in [1.82, 2.24) is 10.3 Å². The Morgan fingerprint density at radius 2 is 2.10 bits per heavy atom. The van der Waals surface area contributed by atoms with Gasteiger partial charge in [0, 0.05) is 21.6 Å². The van der Waals surface area contributed by atoms with Crippen molar-refractivity contribution in [3.05, 3.63) is 51.0 Å². The molecule has 0 aliphatic heterocycles. The second-order valence-corrected chi connectivity index (χ2v) is 7.55. The van der Waals surface area contributed by atoms with Gasteiger partial charge in [-0.25, -0.2) is 4.98 Å². The minimum absolute atomic E-state index is 0.322. The number of hydrogen-bond donors (Lipinski definition) is 1. The van der Waals surface area contributed by atoms with Gasteiger partial charge in [0.15, 0.2) is 0 Å². The molecule has 2 aromatic rings. The Bertz CT molecular complexity index is 605. The molecule has 0 saturated heterocycles. The number of halogens is 2. The predicted octanol–water partition coefficient (Wildman–Crippen LogP) is 5.82. The molecule has 5 heteroatoms. The largest absolute Gasteiger partial charge is 0.310 e. The Labute approximate surface area is 147 Å². The van der Waals surface area contributed by atoms with Crippen LogP contribution in [0.25, 0.3) is 0 Å². The van der Waals surface area contributed by atoms with Crippen molar-refractivity contribution in [1.29, 1.82) is 0 Å². The highest BCUT2D eigenvalue weighted by Crippen LogP contribution is 2.37. The summed E-state index contributed by atoms with van der Waals surface area (Å²) in [5, 5.41) is 4.53. The van der Waals surface area contributed by atoms with E-state index in [1.807, 2.05) is 18.3 Å². The third-order valence-electron chi connectivity index (χ3n) is 3.07. The van der Waals surface area contributed by atoms with Crippen LogP contribution in [-0.2, 0) is 0 Å². The van der Waals surface area contributed by atoms with E-state index < -0.39 is 0 Å². The molecule has 1 aromatic carbocycles. The Balaban J connectivity index is 2.29. The molecular weight excluding hydrogens is 412 g/mol. The fourth-order valence-corrected chi connectivity index (χ4v) is 4.02. The third kappa shape index (κ3) is 4.81. The molecule has 112 valence electrons. The third-order valence-corrected chi connectivity index (χ3v) is 5.56. The summed E-state index contributed by atoms with van der Waals surface area (Å²) < 4.78 is 2.11. The summed E-state index contributed by atoms with van der Waals surface area (Å²) in [6.45, 7) is 5.41. The molecule has 0 fully saturated rings. The molecule has 0 aliphatic carbocycles. The normalized spacial score (nSPS) is 12.4. The second-order valence-electron chi connectivity index (χ2n) is 4.75. The van der Waals surface area contributed by atoms with E-state index in [4.69, 9.17) is 0 Å². The Hall–Kier alpha value is -0.360. The van der Waals surface area contributed by atoms with E-state index >= 15 is 0 Å². The maximum absolute atomic E-state index is 4.45. The average Bonchev–Trinajstić information content (AvgIpc) is 2.47. The minimum atomic E-state index is 0.322. The molecule has 0 radical (unpaired) electrons. The van der Waals surface area contributed by atoms with Gasteiger partial charge >= 0.3 is 0 Å². The lowest BCUT2D eigenvalue weighted by Crippen LogP contribution is -2.19. The Kier molecular flexibility index (Phi) is 6.74. The zero-order valence-corrected chi connectivity index (χ0v) is 16.1. The van der Waals surface area contributed by atoms with Gasteiger partial charge < -0.3 is 5.32 Å². The van der Waals surface area contributed by atoms with Crippen molar-refractivity contribution in [3.63, 3.8) is 0 Å². The lowest BCUT2D eigenvalue weighted by Gasteiger charge is -2.18. The number of nitrogens with zero attached hydrogens (tertiary/aromatic N) is 1. The summed E-state index contributed by atoms with van der Waals surface area (Å²) in [4.78, 5) is 5.67. The number of rotatable bonds is 6. The van der Waals surface area contributed by atoms with Crippen LogP contribution in [0.1, 0.15) is 31.9 Å². The van der Waals surface area contributed by atoms with E-state index in [0.29, 0.717) is 6.04 Å². The van der Waals surface area contributed by atoms with Crippen LogP contribution in [0.5, 0.6) is 0 Å². The van der Waals surface area contributed by atoms with E-state index in [-0.39, 0.29) is 0 Å². The summed E-state index contributed by atoms with van der Waals surface area (Å²) in [7, 11) is 0. The highest BCUT2D eigenvalue weighted by Gasteiger charge is 2.13. The first-order valence-electron chi connectivity index (χ1n) is 6.93. The molecular formula is C16H18Br2N2S.